The van der Waals surface area contributed by atoms with Gasteiger partial charge in [0.1, 0.15) is 6.61 Å². The van der Waals surface area contributed by atoms with E-state index in [2.05, 4.69) is 10.3 Å². The SMILES string of the molecule is CCNC(=NCc1ccccc1CO)N(C)CCOc1ccccc1F. The molecule has 0 radical (unpaired) electrons. The molecule has 0 saturated heterocycles. The molecule has 0 bridgehead atoms. The third-order valence-corrected chi connectivity index (χ3v) is 3.91. The van der Waals surface area contributed by atoms with Crippen molar-refractivity contribution in [3.05, 3.63) is 65.5 Å². The fraction of sp³-hybridized carbons (Fsp3) is 0.350. The van der Waals surface area contributed by atoms with Gasteiger partial charge in [-0.05, 0) is 30.2 Å². The van der Waals surface area contributed by atoms with E-state index in [0.29, 0.717) is 19.7 Å². The second-order valence-corrected chi connectivity index (χ2v) is 5.80. The summed E-state index contributed by atoms with van der Waals surface area (Å²) in [6.07, 6.45) is 0. The van der Waals surface area contributed by atoms with Gasteiger partial charge in [-0.15, -0.1) is 0 Å². The lowest BCUT2D eigenvalue weighted by Crippen LogP contribution is -2.40. The number of halogens is 1. The molecule has 0 unspecified atom stereocenters. The largest absolute Gasteiger partial charge is 0.489 e. The molecule has 140 valence electrons. The molecular formula is C20H26FN3O2. The van der Waals surface area contributed by atoms with Gasteiger partial charge in [-0.25, -0.2) is 9.38 Å². The number of benzene rings is 2. The molecule has 26 heavy (non-hydrogen) atoms. The van der Waals surface area contributed by atoms with Crippen LogP contribution in [0, 0.1) is 5.82 Å². The molecule has 2 aromatic rings. The van der Waals surface area contributed by atoms with E-state index in [-0.39, 0.29) is 18.2 Å². The Morgan fingerprint density at radius 1 is 1.15 bits per heavy atom. The minimum absolute atomic E-state index is 0.00540. The predicted octanol–water partition coefficient (Wildman–Crippen LogP) is 2.79. The molecule has 2 aromatic carbocycles. The first-order valence-electron chi connectivity index (χ1n) is 8.70. The molecule has 2 rings (SSSR count). The van der Waals surface area contributed by atoms with Crippen molar-refractivity contribution in [2.24, 2.45) is 4.99 Å². The second kappa shape index (κ2) is 10.4. The summed E-state index contributed by atoms with van der Waals surface area (Å²) in [5.41, 5.74) is 1.86. The standard InChI is InChI=1S/C20H26FN3O2/c1-3-22-20(23-14-16-8-4-5-9-17(16)15-25)24(2)12-13-26-19-11-7-6-10-18(19)21/h4-11,25H,3,12-15H2,1-2H3,(H,22,23). The molecule has 0 saturated carbocycles. The Labute approximate surface area is 154 Å². The van der Waals surface area contributed by atoms with Gasteiger partial charge in [-0.1, -0.05) is 36.4 Å². The first kappa shape index (κ1) is 19.7. The quantitative estimate of drug-likeness (QED) is 0.562. The van der Waals surface area contributed by atoms with Crippen molar-refractivity contribution in [1.82, 2.24) is 10.2 Å². The lowest BCUT2D eigenvalue weighted by Gasteiger charge is -2.22. The normalized spacial score (nSPS) is 11.3. The lowest BCUT2D eigenvalue weighted by atomic mass is 10.1. The number of nitrogens with one attached hydrogen (secondary N) is 1. The van der Waals surface area contributed by atoms with Crippen LogP contribution in [-0.2, 0) is 13.2 Å². The van der Waals surface area contributed by atoms with E-state index in [9.17, 15) is 9.50 Å². The Bertz CT molecular complexity index is 722. The lowest BCUT2D eigenvalue weighted by molar-refractivity contribution is 0.270. The topological polar surface area (TPSA) is 57.1 Å². The number of rotatable bonds is 8. The summed E-state index contributed by atoms with van der Waals surface area (Å²) >= 11 is 0. The highest BCUT2D eigenvalue weighted by molar-refractivity contribution is 5.79. The highest BCUT2D eigenvalue weighted by Gasteiger charge is 2.08. The molecule has 6 heteroatoms. The molecule has 2 N–H and O–H groups in total. The van der Waals surface area contributed by atoms with Crippen LogP contribution >= 0.6 is 0 Å². The van der Waals surface area contributed by atoms with Gasteiger partial charge >= 0.3 is 0 Å². The van der Waals surface area contributed by atoms with Crippen LogP contribution in [0.3, 0.4) is 0 Å². The fourth-order valence-electron chi connectivity index (χ4n) is 2.46. The van der Waals surface area contributed by atoms with Crippen LogP contribution in [0.5, 0.6) is 5.75 Å². The van der Waals surface area contributed by atoms with Crippen LogP contribution in [0.2, 0.25) is 0 Å². The molecule has 0 spiro atoms. The third kappa shape index (κ3) is 5.74. The van der Waals surface area contributed by atoms with Gasteiger partial charge in [0.25, 0.3) is 0 Å². The third-order valence-electron chi connectivity index (χ3n) is 3.91. The summed E-state index contributed by atoms with van der Waals surface area (Å²) in [5.74, 6) is 0.619. The van der Waals surface area contributed by atoms with Crippen LogP contribution < -0.4 is 10.1 Å². The van der Waals surface area contributed by atoms with Crippen molar-refractivity contribution in [2.45, 2.75) is 20.1 Å². The summed E-state index contributed by atoms with van der Waals surface area (Å²) in [5, 5.41) is 12.7. The van der Waals surface area contributed by atoms with Crippen LogP contribution in [0.4, 0.5) is 4.39 Å². The number of para-hydroxylation sites is 1. The van der Waals surface area contributed by atoms with E-state index in [1.54, 1.807) is 18.2 Å². The number of guanidine groups is 1. The predicted molar refractivity (Wildman–Crippen MR) is 102 cm³/mol. The number of aliphatic hydroxyl groups is 1. The first-order chi connectivity index (χ1) is 12.7. The zero-order valence-electron chi connectivity index (χ0n) is 15.3. The number of hydrogen-bond acceptors (Lipinski definition) is 3. The van der Waals surface area contributed by atoms with E-state index >= 15 is 0 Å². The average molecular weight is 359 g/mol. The zero-order chi connectivity index (χ0) is 18.8. The minimum atomic E-state index is -0.365. The second-order valence-electron chi connectivity index (χ2n) is 5.80. The number of ether oxygens (including phenoxy) is 1. The number of hydrogen-bond donors (Lipinski definition) is 2. The molecule has 0 aliphatic heterocycles. The smallest absolute Gasteiger partial charge is 0.194 e. The highest BCUT2D eigenvalue weighted by atomic mass is 19.1. The molecule has 0 amide bonds. The molecular weight excluding hydrogens is 333 g/mol. The average Bonchev–Trinajstić information content (AvgIpc) is 2.66. The van der Waals surface area contributed by atoms with Gasteiger partial charge in [0.05, 0.1) is 19.7 Å². The zero-order valence-corrected chi connectivity index (χ0v) is 15.3. The van der Waals surface area contributed by atoms with Gasteiger partial charge in [-0.2, -0.15) is 0 Å². The first-order valence-corrected chi connectivity index (χ1v) is 8.70. The molecule has 0 heterocycles. The molecule has 0 aliphatic rings. The van der Waals surface area contributed by atoms with Gasteiger partial charge in [0, 0.05) is 13.6 Å². The Balaban J connectivity index is 1.95. The number of aliphatic hydroxyl groups excluding tert-OH is 1. The van der Waals surface area contributed by atoms with Crippen LogP contribution in [0.25, 0.3) is 0 Å². The summed E-state index contributed by atoms with van der Waals surface area (Å²) < 4.78 is 19.1. The van der Waals surface area contributed by atoms with Crippen LogP contribution in [0.1, 0.15) is 18.1 Å². The van der Waals surface area contributed by atoms with Crippen molar-refractivity contribution < 1.29 is 14.2 Å². The maximum absolute atomic E-state index is 13.6. The van der Waals surface area contributed by atoms with Crippen LogP contribution in [0.15, 0.2) is 53.5 Å². The summed E-state index contributed by atoms with van der Waals surface area (Å²) in [7, 11) is 1.91. The number of likely N-dealkylation sites (N-methyl/N-ethyl adjacent to an activating group) is 1. The molecule has 0 fully saturated rings. The molecule has 0 atom stereocenters. The Hall–Kier alpha value is -2.60. The maximum atomic E-state index is 13.6. The number of aliphatic imine (C=N–C) groups is 1. The number of nitrogens with zero attached hydrogens (tertiary/aromatic N) is 2. The monoisotopic (exact) mass is 359 g/mol. The Morgan fingerprint density at radius 3 is 2.54 bits per heavy atom. The van der Waals surface area contributed by atoms with Crippen molar-refractivity contribution in [3.8, 4) is 5.75 Å². The highest BCUT2D eigenvalue weighted by Crippen LogP contribution is 2.15. The van der Waals surface area contributed by atoms with Crippen molar-refractivity contribution in [2.75, 3.05) is 26.7 Å². The van der Waals surface area contributed by atoms with Crippen molar-refractivity contribution in [1.29, 1.82) is 0 Å². The molecule has 0 aromatic heterocycles. The molecule has 5 nitrogen and oxygen atoms in total. The van der Waals surface area contributed by atoms with Gasteiger partial charge in [-0.3, -0.25) is 0 Å². The van der Waals surface area contributed by atoms with Crippen molar-refractivity contribution in [3.63, 3.8) is 0 Å². The van der Waals surface area contributed by atoms with E-state index in [1.165, 1.54) is 6.07 Å². The Morgan fingerprint density at radius 2 is 1.85 bits per heavy atom. The summed E-state index contributed by atoms with van der Waals surface area (Å²) in [4.78, 5) is 6.56. The van der Waals surface area contributed by atoms with Crippen molar-refractivity contribution >= 4 is 5.96 Å². The van der Waals surface area contributed by atoms with E-state index < -0.39 is 0 Å². The summed E-state index contributed by atoms with van der Waals surface area (Å²) in [6.45, 7) is 4.10. The van der Waals surface area contributed by atoms with Gasteiger partial charge < -0.3 is 20.1 Å². The maximum Gasteiger partial charge on any atom is 0.194 e. The molecule has 0 aliphatic carbocycles. The Kier molecular flexibility index (Phi) is 7.89. The van der Waals surface area contributed by atoms with E-state index in [0.717, 1.165) is 23.6 Å². The van der Waals surface area contributed by atoms with E-state index in [1.807, 2.05) is 43.1 Å². The van der Waals surface area contributed by atoms with Gasteiger partial charge in [0.2, 0.25) is 0 Å². The van der Waals surface area contributed by atoms with Gasteiger partial charge in [0.15, 0.2) is 17.5 Å². The van der Waals surface area contributed by atoms with Crippen LogP contribution in [-0.4, -0.2) is 42.7 Å². The minimum Gasteiger partial charge on any atom is -0.489 e. The van der Waals surface area contributed by atoms with E-state index in [4.69, 9.17) is 4.74 Å². The fourth-order valence-corrected chi connectivity index (χ4v) is 2.46. The summed E-state index contributed by atoms with van der Waals surface area (Å²) in [6, 6.07) is 14.0.